The molecule has 88 valence electrons. The van der Waals surface area contributed by atoms with Crippen LogP contribution in [-0.4, -0.2) is 49.1 Å². The molecule has 1 heterocycles. The quantitative estimate of drug-likeness (QED) is 0.675. The van der Waals surface area contributed by atoms with Gasteiger partial charge >= 0.3 is 0 Å². The lowest BCUT2D eigenvalue weighted by Gasteiger charge is -2.19. The topological polar surface area (TPSA) is 29.5 Å². The van der Waals surface area contributed by atoms with Crippen molar-refractivity contribution in [1.29, 1.82) is 0 Å². The monoisotopic (exact) mass is 231 g/mol. The highest BCUT2D eigenvalue weighted by molar-refractivity contribution is 7.99. The molecule has 0 spiro atoms. The largest absolute Gasteiger partial charge is 0.384 e. The number of thioether (sulfide) groups is 1. The summed E-state index contributed by atoms with van der Waals surface area (Å²) in [6.45, 7) is 2.66. The maximum absolute atomic E-state index is 11.8. The zero-order valence-corrected chi connectivity index (χ0v) is 10.4. The van der Waals surface area contributed by atoms with Gasteiger partial charge < -0.3 is 9.64 Å². The molecular formula is C11H21NO2S. The molecule has 0 atom stereocenters. The maximum Gasteiger partial charge on any atom is 0.232 e. The standard InChI is InChI=1S/C11H21NO2S/c1-14-8-9-15-10-11(13)12-6-4-2-3-5-7-12/h2-10H2,1H3. The van der Waals surface area contributed by atoms with Crippen molar-refractivity contribution in [3.63, 3.8) is 0 Å². The van der Waals surface area contributed by atoms with Gasteiger partial charge in [0.05, 0.1) is 12.4 Å². The average Bonchev–Trinajstić information content (AvgIpc) is 2.52. The zero-order chi connectivity index (χ0) is 10.9. The summed E-state index contributed by atoms with van der Waals surface area (Å²) in [6.07, 6.45) is 4.91. The van der Waals surface area contributed by atoms with Gasteiger partial charge in [-0.2, -0.15) is 0 Å². The van der Waals surface area contributed by atoms with Gasteiger partial charge in [-0.05, 0) is 12.8 Å². The molecule has 15 heavy (non-hydrogen) atoms. The predicted molar refractivity (Wildman–Crippen MR) is 64.2 cm³/mol. The van der Waals surface area contributed by atoms with Gasteiger partial charge in [0.15, 0.2) is 0 Å². The van der Waals surface area contributed by atoms with E-state index in [1.807, 2.05) is 4.90 Å². The van der Waals surface area contributed by atoms with Gasteiger partial charge in [-0.15, -0.1) is 11.8 Å². The Balaban J connectivity index is 2.14. The Morgan fingerprint density at radius 1 is 1.27 bits per heavy atom. The van der Waals surface area contributed by atoms with E-state index < -0.39 is 0 Å². The highest BCUT2D eigenvalue weighted by Crippen LogP contribution is 2.11. The van der Waals surface area contributed by atoms with Crippen LogP contribution in [0.2, 0.25) is 0 Å². The number of hydrogen-bond donors (Lipinski definition) is 0. The highest BCUT2D eigenvalue weighted by atomic mass is 32.2. The van der Waals surface area contributed by atoms with E-state index in [9.17, 15) is 4.79 Å². The van der Waals surface area contributed by atoms with Gasteiger partial charge in [-0.25, -0.2) is 0 Å². The first-order chi connectivity index (χ1) is 7.34. The van der Waals surface area contributed by atoms with Crippen LogP contribution in [0.4, 0.5) is 0 Å². The Morgan fingerprint density at radius 3 is 2.53 bits per heavy atom. The summed E-state index contributed by atoms with van der Waals surface area (Å²) in [7, 11) is 1.69. The molecule has 0 radical (unpaired) electrons. The summed E-state index contributed by atoms with van der Waals surface area (Å²) in [5.74, 6) is 1.83. The Kier molecular flexibility index (Phi) is 6.85. The average molecular weight is 231 g/mol. The maximum atomic E-state index is 11.8. The van der Waals surface area contributed by atoms with Gasteiger partial charge in [0.1, 0.15) is 0 Å². The number of hydrogen-bond acceptors (Lipinski definition) is 3. The van der Waals surface area contributed by atoms with Crippen LogP contribution >= 0.6 is 11.8 Å². The van der Waals surface area contributed by atoms with E-state index >= 15 is 0 Å². The van der Waals surface area contributed by atoms with E-state index in [2.05, 4.69) is 0 Å². The van der Waals surface area contributed by atoms with Crippen molar-refractivity contribution in [2.75, 3.05) is 38.3 Å². The fourth-order valence-electron chi connectivity index (χ4n) is 1.71. The molecule has 1 rings (SSSR count). The second kappa shape index (κ2) is 7.99. The molecule has 0 N–H and O–H groups in total. The van der Waals surface area contributed by atoms with Crippen molar-refractivity contribution in [2.45, 2.75) is 25.7 Å². The Labute approximate surface area is 96.5 Å². The molecule has 0 aromatic rings. The van der Waals surface area contributed by atoms with Crippen LogP contribution in [0.1, 0.15) is 25.7 Å². The zero-order valence-electron chi connectivity index (χ0n) is 9.54. The third kappa shape index (κ3) is 5.42. The van der Waals surface area contributed by atoms with Crippen LogP contribution in [0.15, 0.2) is 0 Å². The van der Waals surface area contributed by atoms with Crippen molar-refractivity contribution in [3.05, 3.63) is 0 Å². The first-order valence-electron chi connectivity index (χ1n) is 5.69. The van der Waals surface area contributed by atoms with Gasteiger partial charge in [0, 0.05) is 26.0 Å². The molecule has 0 bridgehead atoms. The smallest absolute Gasteiger partial charge is 0.232 e. The van der Waals surface area contributed by atoms with E-state index in [-0.39, 0.29) is 0 Å². The van der Waals surface area contributed by atoms with Crippen molar-refractivity contribution in [3.8, 4) is 0 Å². The third-order valence-electron chi connectivity index (χ3n) is 2.62. The number of rotatable bonds is 5. The van der Waals surface area contributed by atoms with Crippen LogP contribution < -0.4 is 0 Å². The summed E-state index contributed by atoms with van der Waals surface area (Å²) in [6, 6.07) is 0. The minimum atomic E-state index is 0.304. The van der Waals surface area contributed by atoms with Crippen molar-refractivity contribution < 1.29 is 9.53 Å². The molecule has 1 aliphatic heterocycles. The molecule has 1 aliphatic rings. The SMILES string of the molecule is COCCSCC(=O)N1CCCCCC1. The van der Waals surface area contributed by atoms with Crippen molar-refractivity contribution >= 4 is 17.7 Å². The van der Waals surface area contributed by atoms with Crippen LogP contribution in [0.5, 0.6) is 0 Å². The van der Waals surface area contributed by atoms with Crippen molar-refractivity contribution in [1.82, 2.24) is 4.90 Å². The molecule has 0 aromatic heterocycles. The lowest BCUT2D eigenvalue weighted by Crippen LogP contribution is -2.33. The van der Waals surface area contributed by atoms with Crippen LogP contribution in [0, 0.1) is 0 Å². The van der Waals surface area contributed by atoms with Gasteiger partial charge in [-0.1, -0.05) is 12.8 Å². The molecule has 1 amide bonds. The molecule has 4 heteroatoms. The molecule has 0 aliphatic carbocycles. The number of carbonyl (C=O) groups excluding carboxylic acids is 1. The Morgan fingerprint density at radius 2 is 1.93 bits per heavy atom. The Bertz CT molecular complexity index is 179. The van der Waals surface area contributed by atoms with E-state index in [1.54, 1.807) is 18.9 Å². The Hall–Kier alpha value is -0.220. The molecule has 1 saturated heterocycles. The molecule has 3 nitrogen and oxygen atoms in total. The summed E-state index contributed by atoms with van der Waals surface area (Å²) >= 11 is 1.67. The molecule has 1 fully saturated rings. The first-order valence-corrected chi connectivity index (χ1v) is 6.84. The third-order valence-corrected chi connectivity index (χ3v) is 3.52. The minimum Gasteiger partial charge on any atom is -0.384 e. The van der Waals surface area contributed by atoms with Crippen LogP contribution in [0.25, 0.3) is 0 Å². The molecule has 0 saturated carbocycles. The first kappa shape index (κ1) is 12.8. The normalized spacial score (nSPS) is 17.5. The van der Waals surface area contributed by atoms with Gasteiger partial charge in [0.2, 0.25) is 5.91 Å². The van der Waals surface area contributed by atoms with E-state index in [4.69, 9.17) is 4.74 Å². The number of methoxy groups -OCH3 is 1. The molecule has 0 unspecified atom stereocenters. The summed E-state index contributed by atoms with van der Waals surface area (Å²) in [5, 5.41) is 0. The lowest BCUT2D eigenvalue weighted by molar-refractivity contribution is -0.128. The fraction of sp³-hybridized carbons (Fsp3) is 0.909. The molecular weight excluding hydrogens is 210 g/mol. The van der Waals surface area contributed by atoms with Crippen LogP contribution in [0.3, 0.4) is 0 Å². The summed E-state index contributed by atoms with van der Waals surface area (Å²) in [4.78, 5) is 13.8. The van der Waals surface area contributed by atoms with E-state index in [0.717, 1.165) is 25.4 Å². The summed E-state index contributed by atoms with van der Waals surface area (Å²) in [5.41, 5.74) is 0. The summed E-state index contributed by atoms with van der Waals surface area (Å²) < 4.78 is 4.94. The second-order valence-corrected chi connectivity index (χ2v) is 4.95. The minimum absolute atomic E-state index is 0.304. The van der Waals surface area contributed by atoms with Crippen LogP contribution in [-0.2, 0) is 9.53 Å². The number of likely N-dealkylation sites (tertiary alicyclic amines) is 1. The number of ether oxygens (including phenoxy) is 1. The lowest BCUT2D eigenvalue weighted by atomic mass is 10.2. The van der Waals surface area contributed by atoms with Crippen molar-refractivity contribution in [2.24, 2.45) is 0 Å². The van der Waals surface area contributed by atoms with E-state index in [0.29, 0.717) is 11.7 Å². The predicted octanol–water partition coefficient (Wildman–Crippen LogP) is 1.77. The number of nitrogens with zero attached hydrogens (tertiary/aromatic N) is 1. The highest BCUT2D eigenvalue weighted by Gasteiger charge is 2.14. The van der Waals surface area contributed by atoms with Gasteiger partial charge in [-0.3, -0.25) is 4.79 Å². The molecule has 0 aromatic carbocycles. The van der Waals surface area contributed by atoms with Gasteiger partial charge in [0.25, 0.3) is 0 Å². The number of carbonyl (C=O) groups is 1. The fourth-order valence-corrected chi connectivity index (χ4v) is 2.50. The van der Waals surface area contributed by atoms with E-state index in [1.165, 1.54) is 25.7 Å². The second-order valence-electron chi connectivity index (χ2n) is 3.84. The number of amides is 1.